The van der Waals surface area contributed by atoms with Gasteiger partial charge < -0.3 is 15.4 Å². The van der Waals surface area contributed by atoms with Crippen LogP contribution >= 0.6 is 12.2 Å². The highest BCUT2D eigenvalue weighted by Gasteiger charge is 2.16. The van der Waals surface area contributed by atoms with Crippen molar-refractivity contribution in [3.05, 3.63) is 95.6 Å². The van der Waals surface area contributed by atoms with Gasteiger partial charge in [-0.3, -0.25) is 14.9 Å². The van der Waals surface area contributed by atoms with Crippen LogP contribution in [0.3, 0.4) is 0 Å². The minimum absolute atomic E-state index is 0.0867. The summed E-state index contributed by atoms with van der Waals surface area (Å²) in [6.07, 6.45) is 0.832. The van der Waals surface area contributed by atoms with E-state index in [9.17, 15) is 9.59 Å². The Bertz CT molecular complexity index is 1090. The van der Waals surface area contributed by atoms with E-state index in [-0.39, 0.29) is 16.9 Å². The van der Waals surface area contributed by atoms with Gasteiger partial charge in [0, 0.05) is 6.54 Å². The van der Waals surface area contributed by atoms with Crippen LogP contribution in [0.1, 0.15) is 39.6 Å². The molecule has 164 valence electrons. The van der Waals surface area contributed by atoms with Gasteiger partial charge in [-0.1, -0.05) is 61.5 Å². The lowest BCUT2D eigenvalue weighted by atomic mass is 10.1. The fourth-order valence-corrected chi connectivity index (χ4v) is 3.18. The molecule has 0 saturated carbocycles. The number of para-hydroxylation sites is 2. The number of amides is 2. The predicted octanol–water partition coefficient (Wildman–Crippen LogP) is 4.53. The van der Waals surface area contributed by atoms with E-state index < -0.39 is 0 Å². The Kier molecular flexibility index (Phi) is 8.34. The second kappa shape index (κ2) is 11.6. The molecule has 3 aromatic carbocycles. The molecule has 0 aliphatic heterocycles. The fourth-order valence-electron chi connectivity index (χ4n) is 2.98. The summed E-state index contributed by atoms with van der Waals surface area (Å²) in [6, 6.07) is 23.6. The van der Waals surface area contributed by atoms with Gasteiger partial charge >= 0.3 is 0 Å². The standard InChI is InChI=1S/C25H25N3O3S/c1-2-16-31-22-15-9-7-13-20(22)24(30)28-25(32)27-21-14-8-6-12-19(21)23(29)26-17-18-10-4-3-5-11-18/h3-15H,2,16-17H2,1H3,(H,26,29)(H2,27,28,30,32). The van der Waals surface area contributed by atoms with Crippen molar-refractivity contribution in [3.8, 4) is 5.75 Å². The first kappa shape index (κ1) is 23.0. The van der Waals surface area contributed by atoms with Crippen LogP contribution in [-0.4, -0.2) is 23.5 Å². The lowest BCUT2D eigenvalue weighted by molar-refractivity contribution is 0.0949. The molecule has 0 heterocycles. The van der Waals surface area contributed by atoms with E-state index in [1.807, 2.05) is 43.3 Å². The number of anilines is 1. The summed E-state index contributed by atoms with van der Waals surface area (Å²) in [6.45, 7) is 2.91. The lowest BCUT2D eigenvalue weighted by Crippen LogP contribution is -2.35. The maximum Gasteiger partial charge on any atom is 0.261 e. The molecule has 7 heteroatoms. The number of carbonyl (C=O) groups is 2. The molecule has 3 N–H and O–H groups in total. The van der Waals surface area contributed by atoms with Crippen molar-refractivity contribution in [1.29, 1.82) is 0 Å². The van der Waals surface area contributed by atoms with Gasteiger partial charge in [0.05, 0.1) is 23.4 Å². The Morgan fingerprint density at radius 2 is 1.50 bits per heavy atom. The number of thiocarbonyl (C=S) groups is 1. The summed E-state index contributed by atoms with van der Waals surface area (Å²) >= 11 is 5.31. The predicted molar refractivity (Wildman–Crippen MR) is 130 cm³/mol. The SMILES string of the molecule is CCCOc1ccccc1C(=O)NC(=S)Nc1ccccc1C(=O)NCc1ccccc1. The average Bonchev–Trinajstić information content (AvgIpc) is 2.82. The van der Waals surface area contributed by atoms with E-state index in [0.29, 0.717) is 35.7 Å². The van der Waals surface area contributed by atoms with E-state index in [1.54, 1.807) is 42.5 Å². The van der Waals surface area contributed by atoms with Gasteiger partial charge in [0.15, 0.2) is 5.11 Å². The molecule has 3 aromatic rings. The second-order valence-electron chi connectivity index (χ2n) is 6.97. The number of ether oxygens (including phenoxy) is 1. The first-order valence-electron chi connectivity index (χ1n) is 10.3. The molecule has 0 atom stereocenters. The normalized spacial score (nSPS) is 10.2. The fraction of sp³-hybridized carbons (Fsp3) is 0.160. The van der Waals surface area contributed by atoms with E-state index in [1.165, 1.54) is 0 Å². The summed E-state index contributed by atoms with van der Waals surface area (Å²) in [5.41, 5.74) is 2.31. The van der Waals surface area contributed by atoms with E-state index in [4.69, 9.17) is 17.0 Å². The second-order valence-corrected chi connectivity index (χ2v) is 7.37. The molecular weight excluding hydrogens is 422 g/mol. The largest absolute Gasteiger partial charge is 0.493 e. The third kappa shape index (κ3) is 6.39. The zero-order chi connectivity index (χ0) is 22.8. The highest BCUT2D eigenvalue weighted by Crippen LogP contribution is 2.19. The lowest BCUT2D eigenvalue weighted by Gasteiger charge is -2.15. The number of hydrogen-bond donors (Lipinski definition) is 3. The minimum Gasteiger partial charge on any atom is -0.493 e. The van der Waals surface area contributed by atoms with Gasteiger partial charge in [0.1, 0.15) is 5.75 Å². The molecule has 0 aliphatic rings. The molecule has 2 amide bonds. The summed E-state index contributed by atoms with van der Waals surface area (Å²) in [7, 11) is 0. The number of benzene rings is 3. The van der Waals surface area contributed by atoms with Gasteiger partial charge in [-0.25, -0.2) is 0 Å². The molecule has 0 saturated heterocycles. The molecule has 32 heavy (non-hydrogen) atoms. The van der Waals surface area contributed by atoms with Crippen molar-refractivity contribution in [2.24, 2.45) is 0 Å². The van der Waals surface area contributed by atoms with Gasteiger partial charge in [0.25, 0.3) is 11.8 Å². The monoisotopic (exact) mass is 447 g/mol. The summed E-state index contributed by atoms with van der Waals surface area (Å²) in [4.78, 5) is 25.4. The van der Waals surface area contributed by atoms with Crippen LogP contribution in [0.5, 0.6) is 5.75 Å². The third-order valence-corrected chi connectivity index (χ3v) is 4.74. The summed E-state index contributed by atoms with van der Waals surface area (Å²) in [5.74, 6) is -0.139. The smallest absolute Gasteiger partial charge is 0.261 e. The molecule has 0 aromatic heterocycles. The van der Waals surface area contributed by atoms with Crippen LogP contribution in [0, 0.1) is 0 Å². The number of rotatable bonds is 8. The average molecular weight is 448 g/mol. The molecule has 0 fully saturated rings. The number of nitrogens with one attached hydrogen (secondary N) is 3. The first-order valence-corrected chi connectivity index (χ1v) is 10.7. The Hall–Kier alpha value is -3.71. The van der Waals surface area contributed by atoms with Crippen LogP contribution in [0.2, 0.25) is 0 Å². The highest BCUT2D eigenvalue weighted by atomic mass is 32.1. The van der Waals surface area contributed by atoms with Gasteiger partial charge in [-0.2, -0.15) is 0 Å². The molecular formula is C25H25N3O3S. The Labute approximate surface area is 193 Å². The third-order valence-electron chi connectivity index (χ3n) is 4.54. The van der Waals surface area contributed by atoms with Crippen molar-refractivity contribution in [2.45, 2.75) is 19.9 Å². The first-order chi connectivity index (χ1) is 15.6. The van der Waals surface area contributed by atoms with Crippen LogP contribution in [0.25, 0.3) is 0 Å². The molecule has 6 nitrogen and oxygen atoms in total. The van der Waals surface area contributed by atoms with Crippen LogP contribution in [0.4, 0.5) is 5.69 Å². The maximum absolute atomic E-state index is 12.7. The number of carbonyl (C=O) groups excluding carboxylic acids is 2. The Balaban J connectivity index is 1.64. The van der Waals surface area contributed by atoms with Gasteiger partial charge in [-0.05, 0) is 48.5 Å². The van der Waals surface area contributed by atoms with Crippen LogP contribution in [-0.2, 0) is 6.54 Å². The maximum atomic E-state index is 12.7. The Morgan fingerprint density at radius 3 is 2.25 bits per heavy atom. The molecule has 3 rings (SSSR count). The van der Waals surface area contributed by atoms with E-state index in [0.717, 1.165) is 12.0 Å². The topological polar surface area (TPSA) is 79.5 Å². The molecule has 0 unspecified atom stereocenters. The molecule has 0 radical (unpaired) electrons. The highest BCUT2D eigenvalue weighted by molar-refractivity contribution is 7.80. The summed E-state index contributed by atoms with van der Waals surface area (Å²) in [5, 5.41) is 8.59. The molecule has 0 aliphatic carbocycles. The Morgan fingerprint density at radius 1 is 0.844 bits per heavy atom. The quantitative estimate of drug-likeness (QED) is 0.442. The van der Waals surface area contributed by atoms with Crippen molar-refractivity contribution in [2.75, 3.05) is 11.9 Å². The molecule has 0 spiro atoms. The van der Waals surface area contributed by atoms with E-state index in [2.05, 4.69) is 16.0 Å². The van der Waals surface area contributed by atoms with Crippen molar-refractivity contribution in [1.82, 2.24) is 10.6 Å². The van der Waals surface area contributed by atoms with Crippen molar-refractivity contribution < 1.29 is 14.3 Å². The van der Waals surface area contributed by atoms with Crippen molar-refractivity contribution >= 4 is 34.8 Å². The van der Waals surface area contributed by atoms with Crippen LogP contribution in [0.15, 0.2) is 78.9 Å². The zero-order valence-electron chi connectivity index (χ0n) is 17.8. The van der Waals surface area contributed by atoms with Gasteiger partial charge in [0.2, 0.25) is 0 Å². The number of hydrogen-bond acceptors (Lipinski definition) is 4. The van der Waals surface area contributed by atoms with Gasteiger partial charge in [-0.15, -0.1) is 0 Å². The minimum atomic E-state index is -0.389. The van der Waals surface area contributed by atoms with Crippen LogP contribution < -0.4 is 20.7 Å². The molecule has 0 bridgehead atoms. The van der Waals surface area contributed by atoms with Crippen molar-refractivity contribution in [3.63, 3.8) is 0 Å². The summed E-state index contributed by atoms with van der Waals surface area (Å²) < 4.78 is 5.64. The zero-order valence-corrected chi connectivity index (χ0v) is 18.6. The van der Waals surface area contributed by atoms with E-state index >= 15 is 0 Å².